The fourth-order valence-corrected chi connectivity index (χ4v) is 3.87. The molecule has 11 nitrogen and oxygen atoms in total. The van der Waals surface area contributed by atoms with Gasteiger partial charge in [-0.2, -0.15) is 0 Å². The van der Waals surface area contributed by atoms with E-state index in [4.69, 9.17) is 4.74 Å². The summed E-state index contributed by atoms with van der Waals surface area (Å²) in [5.41, 5.74) is 0.542. The number of hydrogen-bond acceptors (Lipinski definition) is 8. The van der Waals surface area contributed by atoms with E-state index in [0.29, 0.717) is 35.2 Å². The van der Waals surface area contributed by atoms with Crippen LogP contribution in [0.3, 0.4) is 0 Å². The number of ether oxygens (including phenoxy) is 1. The van der Waals surface area contributed by atoms with Gasteiger partial charge >= 0.3 is 0 Å². The van der Waals surface area contributed by atoms with E-state index in [0.717, 1.165) is 0 Å². The lowest BCUT2D eigenvalue weighted by atomic mass is 10.0. The fraction of sp³-hybridized carbons (Fsp3) is 0.143. The molecule has 0 radical (unpaired) electrons. The van der Waals surface area contributed by atoms with Crippen LogP contribution in [0.2, 0.25) is 0 Å². The normalized spacial score (nSPS) is 10.9. The summed E-state index contributed by atoms with van der Waals surface area (Å²) >= 11 is 0. The van der Waals surface area contributed by atoms with Crippen LogP contribution in [0.25, 0.3) is 10.8 Å². The first-order valence-electron chi connectivity index (χ1n) is 12.1. The first-order chi connectivity index (χ1) is 18.8. The lowest BCUT2D eigenvalue weighted by molar-refractivity contribution is -0.384. The van der Waals surface area contributed by atoms with E-state index in [1.807, 2.05) is 6.92 Å². The molecule has 0 unspecified atom stereocenters. The fourth-order valence-electron chi connectivity index (χ4n) is 3.87. The number of phenolic OH excluding ortho intramolecular Hbond substituents is 1. The van der Waals surface area contributed by atoms with E-state index < -0.39 is 16.6 Å². The minimum atomic E-state index is -0.691. The molecule has 4 aromatic carbocycles. The number of fused-ring (bicyclic) bond motifs is 1. The molecule has 198 valence electrons. The predicted molar refractivity (Wildman–Crippen MR) is 146 cm³/mol. The van der Waals surface area contributed by atoms with Crippen molar-refractivity contribution in [3.8, 4) is 11.5 Å². The molecule has 3 N–H and O–H groups in total. The van der Waals surface area contributed by atoms with E-state index in [1.54, 1.807) is 43.3 Å². The Morgan fingerprint density at radius 2 is 1.77 bits per heavy atom. The number of carbonyl (C=O) groups is 2. The minimum absolute atomic E-state index is 0.0307. The Bertz CT molecular complexity index is 1600. The van der Waals surface area contributed by atoms with Gasteiger partial charge in [0.05, 0.1) is 17.1 Å². The number of nitro groups is 1. The summed E-state index contributed by atoms with van der Waals surface area (Å²) in [5.74, 6) is -1.02. The average molecular weight is 528 g/mol. The summed E-state index contributed by atoms with van der Waals surface area (Å²) in [6.45, 7) is 4.42. The number of hydrogen-bond donors (Lipinski definition) is 3. The number of anilines is 1. The first kappa shape index (κ1) is 26.7. The summed E-state index contributed by atoms with van der Waals surface area (Å²) in [5, 5.41) is 37.2. The smallest absolute Gasteiger partial charge is 0.271 e. The standard InChI is InChI=1S/C28H25N5O6/c1-3-29-27(35)18-12-13-24(39-4-2)23(15-18)31-32-25-21-11-6-5-8-17(21)14-22(26(25)34)28(36)30-19-9-7-10-20(16-19)33(37)38/h5-16,34H,3-4H2,1-2H3,(H,29,35)(H,30,36). The van der Waals surface area contributed by atoms with Gasteiger partial charge in [0, 0.05) is 35.3 Å². The van der Waals surface area contributed by atoms with Gasteiger partial charge in [0.25, 0.3) is 17.5 Å². The van der Waals surface area contributed by atoms with Crippen LogP contribution in [0, 0.1) is 10.1 Å². The average Bonchev–Trinajstić information content (AvgIpc) is 2.93. The summed E-state index contributed by atoms with van der Waals surface area (Å²) in [7, 11) is 0. The van der Waals surface area contributed by atoms with Gasteiger partial charge in [-0.1, -0.05) is 30.3 Å². The molecule has 0 aliphatic carbocycles. The number of non-ortho nitro benzene ring substituents is 1. The monoisotopic (exact) mass is 527 g/mol. The van der Waals surface area contributed by atoms with Gasteiger partial charge in [-0.05, 0) is 49.6 Å². The number of aromatic hydroxyl groups is 1. The molecular weight excluding hydrogens is 502 g/mol. The SMILES string of the molecule is CCNC(=O)c1ccc(OCC)c(N=Nc2c(O)c(C(=O)Nc3cccc([N+](=O)[O-])c3)cc3ccccc23)c1. The quantitative estimate of drug-likeness (QED) is 0.132. The number of phenols is 1. The number of rotatable bonds is 9. The molecule has 11 heteroatoms. The van der Waals surface area contributed by atoms with Crippen molar-refractivity contribution in [3.05, 3.63) is 94.0 Å². The molecule has 2 amide bonds. The zero-order valence-corrected chi connectivity index (χ0v) is 21.2. The van der Waals surface area contributed by atoms with E-state index in [-0.39, 0.29) is 34.2 Å². The van der Waals surface area contributed by atoms with Crippen molar-refractivity contribution < 1.29 is 24.4 Å². The largest absolute Gasteiger partial charge is 0.505 e. The molecule has 0 atom stereocenters. The van der Waals surface area contributed by atoms with Crippen LogP contribution in [0.15, 0.2) is 83.0 Å². The Labute approximate surface area is 223 Å². The number of carbonyl (C=O) groups excluding carboxylic acids is 2. The molecule has 0 bridgehead atoms. The van der Waals surface area contributed by atoms with E-state index in [1.165, 1.54) is 36.4 Å². The third-order valence-corrected chi connectivity index (χ3v) is 5.67. The Morgan fingerprint density at radius 1 is 0.974 bits per heavy atom. The molecule has 0 fully saturated rings. The summed E-state index contributed by atoms with van der Waals surface area (Å²) in [4.78, 5) is 36.0. The number of nitro benzene ring substituents is 1. The van der Waals surface area contributed by atoms with Crippen LogP contribution in [0.5, 0.6) is 11.5 Å². The van der Waals surface area contributed by atoms with Gasteiger partial charge in [-0.15, -0.1) is 10.2 Å². The van der Waals surface area contributed by atoms with E-state index in [2.05, 4.69) is 20.9 Å². The number of nitrogens with one attached hydrogen (secondary N) is 2. The van der Waals surface area contributed by atoms with Gasteiger partial charge in [0.2, 0.25) is 0 Å². The van der Waals surface area contributed by atoms with E-state index >= 15 is 0 Å². The molecule has 0 aliphatic heterocycles. The summed E-state index contributed by atoms with van der Waals surface area (Å²) in [6.07, 6.45) is 0. The highest BCUT2D eigenvalue weighted by atomic mass is 16.6. The highest BCUT2D eigenvalue weighted by Crippen LogP contribution is 2.40. The highest BCUT2D eigenvalue weighted by Gasteiger charge is 2.20. The first-order valence-corrected chi connectivity index (χ1v) is 12.1. The molecule has 0 aliphatic rings. The lowest BCUT2D eigenvalue weighted by Crippen LogP contribution is -2.22. The van der Waals surface area contributed by atoms with Crippen LogP contribution in [0.1, 0.15) is 34.6 Å². The zero-order valence-electron chi connectivity index (χ0n) is 21.2. The number of azo groups is 1. The number of benzene rings is 4. The third kappa shape index (κ3) is 5.99. The second kappa shape index (κ2) is 11.8. The van der Waals surface area contributed by atoms with Crippen molar-refractivity contribution >= 4 is 45.3 Å². The van der Waals surface area contributed by atoms with Crippen molar-refractivity contribution in [2.75, 3.05) is 18.5 Å². The molecular formula is C28H25N5O6. The van der Waals surface area contributed by atoms with Crippen LogP contribution >= 0.6 is 0 Å². The van der Waals surface area contributed by atoms with Crippen molar-refractivity contribution in [1.29, 1.82) is 0 Å². The van der Waals surface area contributed by atoms with Crippen LogP contribution < -0.4 is 15.4 Å². The maximum Gasteiger partial charge on any atom is 0.271 e. The molecule has 0 saturated carbocycles. The summed E-state index contributed by atoms with van der Waals surface area (Å²) < 4.78 is 5.63. The molecule has 0 spiro atoms. The molecule has 4 aromatic rings. The van der Waals surface area contributed by atoms with Crippen molar-refractivity contribution in [1.82, 2.24) is 5.32 Å². The zero-order chi connectivity index (χ0) is 27.9. The highest BCUT2D eigenvalue weighted by molar-refractivity contribution is 6.11. The summed E-state index contributed by atoms with van der Waals surface area (Å²) in [6, 6.07) is 18.7. The molecule has 39 heavy (non-hydrogen) atoms. The van der Waals surface area contributed by atoms with Gasteiger partial charge < -0.3 is 20.5 Å². The van der Waals surface area contributed by atoms with Gasteiger partial charge in [-0.25, -0.2) is 0 Å². The van der Waals surface area contributed by atoms with Crippen LogP contribution in [0.4, 0.5) is 22.7 Å². The Kier molecular flexibility index (Phi) is 8.10. The van der Waals surface area contributed by atoms with Crippen molar-refractivity contribution in [2.45, 2.75) is 13.8 Å². The lowest BCUT2D eigenvalue weighted by Gasteiger charge is -2.12. The van der Waals surface area contributed by atoms with Crippen molar-refractivity contribution in [2.24, 2.45) is 10.2 Å². The van der Waals surface area contributed by atoms with Crippen LogP contribution in [-0.2, 0) is 0 Å². The number of amides is 2. The number of nitrogens with zero attached hydrogens (tertiary/aromatic N) is 3. The maximum absolute atomic E-state index is 13.1. The predicted octanol–water partition coefficient (Wildman–Crippen LogP) is 6.27. The Morgan fingerprint density at radius 3 is 2.51 bits per heavy atom. The van der Waals surface area contributed by atoms with Crippen LogP contribution in [-0.4, -0.2) is 35.0 Å². The minimum Gasteiger partial charge on any atom is -0.505 e. The van der Waals surface area contributed by atoms with Crippen molar-refractivity contribution in [3.63, 3.8) is 0 Å². The Balaban J connectivity index is 1.77. The van der Waals surface area contributed by atoms with E-state index in [9.17, 15) is 24.8 Å². The topological polar surface area (TPSA) is 156 Å². The van der Waals surface area contributed by atoms with Gasteiger partial charge in [0.15, 0.2) is 5.75 Å². The second-order valence-electron chi connectivity index (χ2n) is 8.28. The molecule has 0 aromatic heterocycles. The molecule has 0 heterocycles. The Hall–Kier alpha value is -5.32. The van der Waals surface area contributed by atoms with Gasteiger partial charge in [0.1, 0.15) is 17.1 Å². The third-order valence-electron chi connectivity index (χ3n) is 5.67. The molecule has 4 rings (SSSR count). The second-order valence-corrected chi connectivity index (χ2v) is 8.28. The van der Waals surface area contributed by atoms with Gasteiger partial charge in [-0.3, -0.25) is 19.7 Å². The maximum atomic E-state index is 13.1. The molecule has 0 saturated heterocycles.